The molecule has 2 heterocycles. The number of amides is 1. The molecule has 2 nitrogen and oxygen atoms in total. The average molecular weight is 306 g/mol. The van der Waals surface area contributed by atoms with Crippen LogP contribution in [0.4, 0.5) is 0 Å². The second-order valence-corrected chi connectivity index (χ2v) is 6.52. The molecule has 0 bridgehead atoms. The Morgan fingerprint density at radius 3 is 2.80 bits per heavy atom. The van der Waals surface area contributed by atoms with Gasteiger partial charge in [-0.2, -0.15) is 0 Å². The number of thiophene rings is 1. The van der Waals surface area contributed by atoms with Gasteiger partial charge in [0.05, 0.1) is 12.5 Å². The number of hydrogen-bond acceptors (Lipinski definition) is 2. The van der Waals surface area contributed by atoms with Crippen LogP contribution >= 0.6 is 22.9 Å². The minimum Gasteiger partial charge on any atom is -0.335 e. The topological polar surface area (TPSA) is 20.3 Å². The van der Waals surface area contributed by atoms with Gasteiger partial charge in [0, 0.05) is 16.4 Å². The maximum Gasteiger partial charge on any atom is 0.228 e. The van der Waals surface area contributed by atoms with E-state index in [4.69, 9.17) is 11.6 Å². The van der Waals surface area contributed by atoms with Crippen molar-refractivity contribution in [1.29, 1.82) is 0 Å². The summed E-state index contributed by atoms with van der Waals surface area (Å²) in [6, 6.07) is 12.1. The first-order valence-corrected chi connectivity index (χ1v) is 8.07. The molecular formula is C16H16ClNOS. The van der Waals surface area contributed by atoms with E-state index in [0.29, 0.717) is 6.42 Å². The van der Waals surface area contributed by atoms with E-state index in [2.05, 4.69) is 0 Å². The summed E-state index contributed by atoms with van der Waals surface area (Å²) in [5.41, 5.74) is 1.19. The molecule has 1 aliphatic rings. The van der Waals surface area contributed by atoms with Crippen LogP contribution < -0.4 is 0 Å². The molecule has 1 aliphatic heterocycles. The normalized spacial score (nSPS) is 18.4. The molecule has 1 unspecified atom stereocenters. The molecule has 20 heavy (non-hydrogen) atoms. The number of hydrogen-bond donors (Lipinski definition) is 0. The minimum atomic E-state index is 0.208. The fourth-order valence-electron chi connectivity index (χ4n) is 2.76. The highest BCUT2D eigenvalue weighted by molar-refractivity contribution is 7.10. The monoisotopic (exact) mass is 305 g/mol. The van der Waals surface area contributed by atoms with Gasteiger partial charge in [0.1, 0.15) is 0 Å². The molecule has 1 aromatic carbocycles. The lowest BCUT2D eigenvalue weighted by Crippen LogP contribution is -2.31. The molecule has 0 aliphatic carbocycles. The second kappa shape index (κ2) is 5.98. The number of nitrogens with zero attached hydrogens (tertiary/aromatic N) is 1. The highest BCUT2D eigenvalue weighted by Crippen LogP contribution is 2.33. The van der Waals surface area contributed by atoms with Crippen molar-refractivity contribution < 1.29 is 4.79 Å². The van der Waals surface area contributed by atoms with Gasteiger partial charge in [0.25, 0.3) is 0 Å². The number of carbonyl (C=O) groups excluding carboxylic acids is 1. The molecule has 4 heteroatoms. The van der Waals surface area contributed by atoms with Crippen molar-refractivity contribution in [1.82, 2.24) is 4.90 Å². The molecule has 1 amide bonds. The average Bonchev–Trinajstić information content (AvgIpc) is 3.10. The molecule has 0 radical (unpaired) electrons. The Hall–Kier alpha value is -1.32. The van der Waals surface area contributed by atoms with Crippen LogP contribution in [0.5, 0.6) is 0 Å². The van der Waals surface area contributed by atoms with Crippen LogP contribution in [0.1, 0.15) is 29.3 Å². The summed E-state index contributed by atoms with van der Waals surface area (Å²) in [7, 11) is 0. The van der Waals surface area contributed by atoms with Crippen molar-refractivity contribution >= 4 is 28.8 Å². The van der Waals surface area contributed by atoms with Crippen molar-refractivity contribution in [2.75, 3.05) is 6.54 Å². The predicted octanol–water partition coefficient (Wildman–Crippen LogP) is 4.31. The Balaban J connectivity index is 1.75. The smallest absolute Gasteiger partial charge is 0.228 e. The maximum absolute atomic E-state index is 12.5. The van der Waals surface area contributed by atoms with E-state index in [1.165, 1.54) is 5.56 Å². The van der Waals surface area contributed by atoms with Crippen LogP contribution in [0, 0.1) is 0 Å². The largest absolute Gasteiger partial charge is 0.335 e. The summed E-state index contributed by atoms with van der Waals surface area (Å²) in [5.74, 6) is 0.227. The third-order valence-corrected chi connectivity index (χ3v) is 4.86. The SMILES string of the molecule is O=C(Cc1cccs1)N1CCCC1c1ccc(Cl)cc1. The molecule has 0 N–H and O–H groups in total. The lowest BCUT2D eigenvalue weighted by Gasteiger charge is -2.25. The van der Waals surface area contributed by atoms with Crippen LogP contribution in [0.2, 0.25) is 5.02 Å². The molecule has 1 atom stereocenters. The van der Waals surface area contributed by atoms with E-state index >= 15 is 0 Å². The Morgan fingerprint density at radius 2 is 2.10 bits per heavy atom. The number of benzene rings is 1. The van der Waals surface area contributed by atoms with Gasteiger partial charge in [-0.15, -0.1) is 11.3 Å². The fraction of sp³-hybridized carbons (Fsp3) is 0.312. The van der Waals surface area contributed by atoms with Crippen molar-refractivity contribution in [3.8, 4) is 0 Å². The molecule has 0 saturated carbocycles. The summed E-state index contributed by atoms with van der Waals surface area (Å²) in [4.78, 5) is 15.6. The highest BCUT2D eigenvalue weighted by Gasteiger charge is 2.29. The first kappa shape index (κ1) is 13.7. The molecular weight excluding hydrogens is 290 g/mol. The Kier molecular flexibility index (Phi) is 4.08. The molecule has 1 saturated heterocycles. The maximum atomic E-state index is 12.5. The molecule has 1 aromatic heterocycles. The van der Waals surface area contributed by atoms with Gasteiger partial charge in [0.15, 0.2) is 0 Å². The number of likely N-dealkylation sites (tertiary alicyclic amines) is 1. The van der Waals surface area contributed by atoms with E-state index in [1.54, 1.807) is 11.3 Å². The summed E-state index contributed by atoms with van der Waals surface area (Å²) in [6.07, 6.45) is 2.63. The van der Waals surface area contributed by atoms with Crippen LogP contribution in [-0.2, 0) is 11.2 Å². The van der Waals surface area contributed by atoms with Gasteiger partial charge in [-0.3, -0.25) is 4.79 Å². The van der Waals surface area contributed by atoms with Gasteiger partial charge < -0.3 is 4.90 Å². The van der Waals surface area contributed by atoms with Crippen molar-refractivity contribution in [2.24, 2.45) is 0 Å². The number of rotatable bonds is 3. The third kappa shape index (κ3) is 2.89. The quantitative estimate of drug-likeness (QED) is 0.827. The zero-order valence-corrected chi connectivity index (χ0v) is 12.7. The van der Waals surface area contributed by atoms with E-state index in [-0.39, 0.29) is 11.9 Å². The molecule has 0 spiro atoms. The van der Waals surface area contributed by atoms with E-state index in [9.17, 15) is 4.79 Å². The van der Waals surface area contributed by atoms with Crippen molar-refractivity contribution in [2.45, 2.75) is 25.3 Å². The van der Waals surface area contributed by atoms with E-state index in [0.717, 1.165) is 29.3 Å². The Bertz CT molecular complexity index is 579. The van der Waals surface area contributed by atoms with Gasteiger partial charge in [-0.1, -0.05) is 29.8 Å². The Labute approximate surface area is 128 Å². The van der Waals surface area contributed by atoms with Gasteiger partial charge in [0.2, 0.25) is 5.91 Å². The third-order valence-electron chi connectivity index (χ3n) is 3.73. The van der Waals surface area contributed by atoms with Gasteiger partial charge >= 0.3 is 0 Å². The van der Waals surface area contributed by atoms with Crippen molar-refractivity contribution in [3.05, 3.63) is 57.2 Å². The first-order chi connectivity index (χ1) is 9.74. The zero-order chi connectivity index (χ0) is 13.9. The van der Waals surface area contributed by atoms with Crippen LogP contribution in [0.15, 0.2) is 41.8 Å². The molecule has 104 valence electrons. The lowest BCUT2D eigenvalue weighted by molar-refractivity contribution is -0.131. The van der Waals surface area contributed by atoms with E-state index < -0.39 is 0 Å². The number of halogens is 1. The molecule has 3 rings (SSSR count). The molecule has 1 fully saturated rings. The molecule has 2 aromatic rings. The van der Waals surface area contributed by atoms with Crippen molar-refractivity contribution in [3.63, 3.8) is 0 Å². The van der Waals surface area contributed by atoms with Gasteiger partial charge in [-0.05, 0) is 42.0 Å². The minimum absolute atomic E-state index is 0.208. The van der Waals surface area contributed by atoms with Gasteiger partial charge in [-0.25, -0.2) is 0 Å². The number of carbonyl (C=O) groups is 1. The summed E-state index contributed by atoms with van der Waals surface area (Å²) >= 11 is 7.58. The van der Waals surface area contributed by atoms with E-state index in [1.807, 2.05) is 46.7 Å². The lowest BCUT2D eigenvalue weighted by atomic mass is 10.0. The van der Waals surface area contributed by atoms with Crippen LogP contribution in [-0.4, -0.2) is 17.4 Å². The highest BCUT2D eigenvalue weighted by atomic mass is 35.5. The predicted molar refractivity (Wildman–Crippen MR) is 83.2 cm³/mol. The zero-order valence-electron chi connectivity index (χ0n) is 11.1. The Morgan fingerprint density at radius 1 is 1.30 bits per heavy atom. The summed E-state index contributed by atoms with van der Waals surface area (Å²) in [6.45, 7) is 0.859. The standard InChI is InChI=1S/C16H16ClNOS/c17-13-7-5-12(6-8-13)15-4-1-9-18(15)16(19)11-14-3-2-10-20-14/h2-3,5-8,10,15H,1,4,9,11H2. The summed E-state index contributed by atoms with van der Waals surface area (Å²) in [5, 5.41) is 2.76. The first-order valence-electron chi connectivity index (χ1n) is 6.81. The second-order valence-electron chi connectivity index (χ2n) is 5.05. The fourth-order valence-corrected chi connectivity index (χ4v) is 3.58. The van der Waals surface area contributed by atoms with Crippen LogP contribution in [0.25, 0.3) is 0 Å². The van der Waals surface area contributed by atoms with Crippen LogP contribution in [0.3, 0.4) is 0 Å². The summed E-state index contributed by atoms with van der Waals surface area (Å²) < 4.78 is 0.